The minimum atomic E-state index is -4.59. The van der Waals surface area contributed by atoms with Gasteiger partial charge in [-0.2, -0.15) is 22.8 Å². The van der Waals surface area contributed by atoms with E-state index in [0.717, 1.165) is 11.3 Å². The number of rotatable bonds is 2. The largest absolute Gasteiger partial charge is 0.453 e. The minimum Gasteiger partial charge on any atom is -0.325 e. The average molecular weight is 306 g/mol. The normalized spacial score (nSPS) is 12.4. The number of halogens is 3. The fraction of sp³-hybridized carbons (Fsp3) is 0.250. The highest BCUT2D eigenvalue weighted by atomic mass is 32.1. The van der Waals surface area contributed by atoms with Crippen molar-refractivity contribution in [3.8, 4) is 10.7 Å². The standard InChI is InChI=1S/C8H5F3N6S2/c9-8(10,11)6-14-15-7-17(6)16-5(19-7)3-2-18-4(1-12)13-3/h2H,1,12H2. The molecular formula is C8H5F3N6S2. The highest BCUT2D eigenvalue weighted by Crippen LogP contribution is 2.31. The van der Waals surface area contributed by atoms with Crippen LogP contribution in [-0.2, 0) is 12.7 Å². The lowest BCUT2D eigenvalue weighted by atomic mass is 10.5. The van der Waals surface area contributed by atoms with E-state index in [1.165, 1.54) is 11.3 Å². The molecule has 0 fully saturated rings. The molecule has 11 heteroatoms. The third-order valence-corrected chi connectivity index (χ3v) is 3.98. The lowest BCUT2D eigenvalue weighted by molar-refractivity contribution is -0.146. The number of hydrogen-bond acceptors (Lipinski definition) is 7. The maximum Gasteiger partial charge on any atom is 0.453 e. The first kappa shape index (κ1) is 12.4. The summed E-state index contributed by atoms with van der Waals surface area (Å²) in [6.45, 7) is 0.280. The minimum absolute atomic E-state index is 0.0737. The van der Waals surface area contributed by atoms with Gasteiger partial charge in [0.2, 0.25) is 4.96 Å². The Morgan fingerprint density at radius 1 is 1.32 bits per heavy atom. The summed E-state index contributed by atoms with van der Waals surface area (Å²) in [7, 11) is 0. The van der Waals surface area contributed by atoms with Crippen molar-refractivity contribution >= 4 is 27.6 Å². The van der Waals surface area contributed by atoms with Crippen LogP contribution in [0.1, 0.15) is 10.8 Å². The molecular weight excluding hydrogens is 301 g/mol. The molecule has 19 heavy (non-hydrogen) atoms. The summed E-state index contributed by atoms with van der Waals surface area (Å²) in [5, 5.41) is 13.1. The van der Waals surface area contributed by atoms with Gasteiger partial charge >= 0.3 is 6.18 Å². The van der Waals surface area contributed by atoms with E-state index in [-0.39, 0.29) is 11.5 Å². The van der Waals surface area contributed by atoms with Gasteiger partial charge in [0.05, 0.1) is 0 Å². The van der Waals surface area contributed by atoms with Gasteiger partial charge < -0.3 is 5.73 Å². The van der Waals surface area contributed by atoms with Crippen LogP contribution >= 0.6 is 22.7 Å². The smallest absolute Gasteiger partial charge is 0.325 e. The van der Waals surface area contributed by atoms with Crippen LogP contribution in [0, 0.1) is 0 Å². The number of alkyl halides is 3. The van der Waals surface area contributed by atoms with Gasteiger partial charge in [0.15, 0.2) is 5.01 Å². The molecule has 3 rings (SSSR count). The van der Waals surface area contributed by atoms with Crippen molar-refractivity contribution in [2.75, 3.05) is 0 Å². The van der Waals surface area contributed by atoms with Crippen molar-refractivity contribution in [1.82, 2.24) is 24.8 Å². The van der Waals surface area contributed by atoms with Gasteiger partial charge in [0.25, 0.3) is 5.82 Å². The molecule has 0 aromatic carbocycles. The molecule has 3 heterocycles. The van der Waals surface area contributed by atoms with E-state index in [1.54, 1.807) is 5.38 Å². The van der Waals surface area contributed by atoms with Crippen molar-refractivity contribution in [2.45, 2.75) is 12.7 Å². The summed E-state index contributed by atoms with van der Waals surface area (Å²) in [4.78, 5) is 4.24. The first-order chi connectivity index (χ1) is 8.99. The van der Waals surface area contributed by atoms with E-state index in [1.807, 2.05) is 0 Å². The number of thiazole rings is 1. The molecule has 3 aromatic rings. The Bertz CT molecular complexity index is 726. The predicted molar refractivity (Wildman–Crippen MR) is 62.7 cm³/mol. The molecule has 0 bridgehead atoms. The highest BCUT2D eigenvalue weighted by Gasteiger charge is 2.38. The van der Waals surface area contributed by atoms with Crippen molar-refractivity contribution in [3.63, 3.8) is 0 Å². The molecule has 6 nitrogen and oxygen atoms in total. The molecule has 0 saturated carbocycles. The summed E-state index contributed by atoms with van der Waals surface area (Å²) in [5.41, 5.74) is 5.93. The third-order valence-electron chi connectivity index (χ3n) is 2.19. The summed E-state index contributed by atoms with van der Waals surface area (Å²) < 4.78 is 38.6. The number of fused-ring (bicyclic) bond motifs is 1. The highest BCUT2D eigenvalue weighted by molar-refractivity contribution is 7.20. The topological polar surface area (TPSA) is 82.0 Å². The molecule has 0 aliphatic rings. The summed E-state index contributed by atoms with van der Waals surface area (Å²) in [5.74, 6) is -1.14. The zero-order valence-corrected chi connectivity index (χ0v) is 10.7. The maximum atomic E-state index is 12.6. The monoisotopic (exact) mass is 306 g/mol. The van der Waals surface area contributed by atoms with Gasteiger partial charge in [-0.3, -0.25) is 0 Å². The Balaban J connectivity index is 2.09. The van der Waals surface area contributed by atoms with Gasteiger partial charge in [-0.25, -0.2) is 4.98 Å². The van der Waals surface area contributed by atoms with Gasteiger partial charge in [0, 0.05) is 11.9 Å². The molecule has 2 N–H and O–H groups in total. The first-order valence-electron chi connectivity index (χ1n) is 4.93. The van der Waals surface area contributed by atoms with Crippen LogP contribution in [0.3, 0.4) is 0 Å². The molecule has 0 unspecified atom stereocenters. The lowest BCUT2D eigenvalue weighted by Gasteiger charge is -1.99. The Hall–Kier alpha value is -1.59. The quantitative estimate of drug-likeness (QED) is 0.780. The van der Waals surface area contributed by atoms with Crippen molar-refractivity contribution in [2.24, 2.45) is 5.73 Å². The Morgan fingerprint density at radius 2 is 2.11 bits per heavy atom. The van der Waals surface area contributed by atoms with Crippen LogP contribution in [0.5, 0.6) is 0 Å². The molecule has 0 aliphatic heterocycles. The zero-order chi connectivity index (χ0) is 13.6. The zero-order valence-electron chi connectivity index (χ0n) is 9.05. The third kappa shape index (κ3) is 2.09. The molecule has 0 aliphatic carbocycles. The number of hydrogen-bond donors (Lipinski definition) is 1. The molecule has 0 spiro atoms. The number of nitrogens with zero attached hydrogens (tertiary/aromatic N) is 5. The number of nitrogens with two attached hydrogens (primary N) is 1. The summed E-state index contributed by atoms with van der Waals surface area (Å²) >= 11 is 2.32. The molecule has 100 valence electrons. The Labute approximate surface area is 111 Å². The van der Waals surface area contributed by atoms with E-state index < -0.39 is 12.0 Å². The molecule has 0 atom stereocenters. The fourth-order valence-corrected chi connectivity index (χ4v) is 2.93. The van der Waals surface area contributed by atoms with Crippen LogP contribution in [-0.4, -0.2) is 24.8 Å². The second-order valence-corrected chi connectivity index (χ2v) is 5.35. The summed E-state index contributed by atoms with van der Waals surface area (Å²) in [6, 6.07) is 0. The first-order valence-corrected chi connectivity index (χ1v) is 6.63. The van der Waals surface area contributed by atoms with Gasteiger partial charge in [-0.05, 0) is 0 Å². The van der Waals surface area contributed by atoms with E-state index in [9.17, 15) is 13.2 Å². The Kier molecular flexibility index (Phi) is 2.76. The average Bonchev–Trinajstić information content (AvgIpc) is 3.00. The van der Waals surface area contributed by atoms with Gasteiger partial charge in [-0.1, -0.05) is 11.3 Å². The Morgan fingerprint density at radius 3 is 2.74 bits per heavy atom. The van der Waals surface area contributed by atoms with Crippen LogP contribution < -0.4 is 5.73 Å². The SMILES string of the molecule is NCc1nc(-c2nn3c(C(F)(F)F)nnc3s2)cs1. The van der Waals surface area contributed by atoms with Gasteiger partial charge in [0.1, 0.15) is 10.7 Å². The second-order valence-electron chi connectivity index (χ2n) is 3.45. The van der Waals surface area contributed by atoms with Crippen molar-refractivity contribution < 1.29 is 13.2 Å². The van der Waals surface area contributed by atoms with Crippen LogP contribution in [0.15, 0.2) is 5.38 Å². The van der Waals surface area contributed by atoms with Crippen LogP contribution in [0.4, 0.5) is 13.2 Å². The van der Waals surface area contributed by atoms with E-state index in [0.29, 0.717) is 20.2 Å². The van der Waals surface area contributed by atoms with Crippen molar-refractivity contribution in [3.05, 3.63) is 16.2 Å². The maximum absolute atomic E-state index is 12.6. The van der Waals surface area contributed by atoms with Crippen molar-refractivity contribution in [1.29, 1.82) is 0 Å². The van der Waals surface area contributed by atoms with E-state index in [4.69, 9.17) is 5.73 Å². The van der Waals surface area contributed by atoms with E-state index >= 15 is 0 Å². The second kappa shape index (κ2) is 4.21. The molecule has 3 aromatic heterocycles. The number of aromatic nitrogens is 5. The molecule has 0 saturated heterocycles. The predicted octanol–water partition coefficient (Wildman–Crippen LogP) is 1.79. The van der Waals surface area contributed by atoms with Gasteiger partial charge in [-0.15, -0.1) is 21.5 Å². The molecule has 0 amide bonds. The summed E-state index contributed by atoms with van der Waals surface area (Å²) in [6.07, 6.45) is -4.59. The van der Waals surface area contributed by atoms with Crippen LogP contribution in [0.2, 0.25) is 0 Å². The lowest BCUT2D eigenvalue weighted by Crippen LogP contribution is -2.11. The molecule has 0 radical (unpaired) electrons. The van der Waals surface area contributed by atoms with E-state index in [2.05, 4.69) is 20.3 Å². The van der Waals surface area contributed by atoms with Crippen LogP contribution in [0.25, 0.3) is 15.7 Å². The fourth-order valence-electron chi connectivity index (χ4n) is 1.40.